The minimum atomic E-state index is -0.00831. The summed E-state index contributed by atoms with van der Waals surface area (Å²) in [6.45, 7) is 10.8. The van der Waals surface area contributed by atoms with E-state index in [4.69, 9.17) is 4.74 Å². The third-order valence-electron chi connectivity index (χ3n) is 2.88. The van der Waals surface area contributed by atoms with Gasteiger partial charge in [-0.05, 0) is 27.8 Å². The third-order valence-corrected chi connectivity index (χ3v) is 2.88. The van der Waals surface area contributed by atoms with E-state index >= 15 is 0 Å². The molecule has 0 saturated heterocycles. The van der Waals surface area contributed by atoms with Gasteiger partial charge in [0.1, 0.15) is 0 Å². The standard InChI is InChI=1S/C13H27N5O/c1-13(2,3)18-11-12(15-16-18)10-14-6-7-17(4)8-9-19-5/h11,14H,6-10H2,1-5H3. The molecule has 0 fully saturated rings. The van der Waals surface area contributed by atoms with Gasteiger partial charge in [0.25, 0.3) is 0 Å². The van der Waals surface area contributed by atoms with E-state index < -0.39 is 0 Å². The van der Waals surface area contributed by atoms with Crippen LogP contribution in [0, 0.1) is 0 Å². The molecule has 0 aromatic carbocycles. The van der Waals surface area contributed by atoms with Crippen molar-refractivity contribution in [1.82, 2.24) is 25.2 Å². The lowest BCUT2D eigenvalue weighted by Gasteiger charge is -2.17. The van der Waals surface area contributed by atoms with Crippen LogP contribution in [-0.4, -0.2) is 60.3 Å². The number of hydrogen-bond donors (Lipinski definition) is 1. The molecule has 19 heavy (non-hydrogen) atoms. The molecule has 110 valence electrons. The number of aromatic nitrogens is 3. The molecule has 0 unspecified atom stereocenters. The van der Waals surface area contributed by atoms with E-state index in [0.717, 1.165) is 38.5 Å². The Morgan fingerprint density at radius 2 is 2.11 bits per heavy atom. The number of methoxy groups -OCH3 is 1. The Bertz CT molecular complexity index is 358. The molecule has 6 nitrogen and oxygen atoms in total. The minimum Gasteiger partial charge on any atom is -0.383 e. The van der Waals surface area contributed by atoms with Crippen LogP contribution in [0.5, 0.6) is 0 Å². The van der Waals surface area contributed by atoms with Crippen LogP contribution in [0.1, 0.15) is 26.5 Å². The number of nitrogens with zero attached hydrogens (tertiary/aromatic N) is 4. The summed E-state index contributed by atoms with van der Waals surface area (Å²) in [5.74, 6) is 0. The Balaban J connectivity index is 2.21. The van der Waals surface area contributed by atoms with Crippen LogP contribution in [-0.2, 0) is 16.8 Å². The topological polar surface area (TPSA) is 55.2 Å². The van der Waals surface area contributed by atoms with Crippen LogP contribution in [0.3, 0.4) is 0 Å². The number of hydrogen-bond acceptors (Lipinski definition) is 5. The predicted octanol–water partition coefficient (Wildman–Crippen LogP) is 0.701. The number of rotatable bonds is 8. The fourth-order valence-electron chi connectivity index (χ4n) is 1.55. The molecule has 0 spiro atoms. The van der Waals surface area contributed by atoms with Gasteiger partial charge in [-0.1, -0.05) is 5.21 Å². The highest BCUT2D eigenvalue weighted by atomic mass is 16.5. The molecule has 0 radical (unpaired) electrons. The molecule has 1 heterocycles. The summed E-state index contributed by atoms with van der Waals surface area (Å²) in [5, 5.41) is 11.7. The van der Waals surface area contributed by atoms with Gasteiger partial charge < -0.3 is 15.0 Å². The van der Waals surface area contributed by atoms with Gasteiger partial charge in [-0.25, -0.2) is 4.68 Å². The van der Waals surface area contributed by atoms with E-state index in [9.17, 15) is 0 Å². The SMILES string of the molecule is COCCN(C)CCNCc1cn(C(C)(C)C)nn1. The summed E-state index contributed by atoms with van der Waals surface area (Å²) in [6.07, 6.45) is 2.00. The summed E-state index contributed by atoms with van der Waals surface area (Å²) < 4.78 is 6.94. The van der Waals surface area contributed by atoms with Gasteiger partial charge in [0.15, 0.2) is 0 Å². The molecule has 0 aliphatic heterocycles. The Hall–Kier alpha value is -0.980. The van der Waals surface area contributed by atoms with E-state index in [0.29, 0.717) is 0 Å². The zero-order valence-electron chi connectivity index (χ0n) is 12.8. The molecule has 1 N–H and O–H groups in total. The van der Waals surface area contributed by atoms with Crippen LogP contribution in [0.4, 0.5) is 0 Å². The van der Waals surface area contributed by atoms with Crippen molar-refractivity contribution in [3.63, 3.8) is 0 Å². The van der Waals surface area contributed by atoms with Crippen molar-refractivity contribution in [1.29, 1.82) is 0 Å². The quantitative estimate of drug-likeness (QED) is 0.704. The van der Waals surface area contributed by atoms with Crippen LogP contribution in [0.25, 0.3) is 0 Å². The molecule has 0 atom stereocenters. The smallest absolute Gasteiger partial charge is 0.0965 e. The van der Waals surface area contributed by atoms with Crippen molar-refractivity contribution in [2.75, 3.05) is 40.4 Å². The first-order chi connectivity index (χ1) is 8.93. The van der Waals surface area contributed by atoms with Gasteiger partial charge in [0, 0.05) is 33.3 Å². The minimum absolute atomic E-state index is 0.00831. The van der Waals surface area contributed by atoms with E-state index in [-0.39, 0.29) is 5.54 Å². The van der Waals surface area contributed by atoms with Gasteiger partial charge in [-0.3, -0.25) is 0 Å². The van der Waals surface area contributed by atoms with Gasteiger partial charge in [-0.2, -0.15) is 0 Å². The second-order valence-electron chi connectivity index (χ2n) is 5.80. The molecule has 1 aromatic rings. The van der Waals surface area contributed by atoms with E-state index in [1.165, 1.54) is 0 Å². The summed E-state index contributed by atoms with van der Waals surface area (Å²) in [7, 11) is 3.82. The monoisotopic (exact) mass is 269 g/mol. The lowest BCUT2D eigenvalue weighted by atomic mass is 10.1. The maximum atomic E-state index is 5.04. The largest absolute Gasteiger partial charge is 0.383 e. The highest BCUT2D eigenvalue weighted by molar-refractivity contribution is 4.93. The molecule has 0 bridgehead atoms. The number of likely N-dealkylation sites (N-methyl/N-ethyl adjacent to an activating group) is 1. The average Bonchev–Trinajstić information content (AvgIpc) is 2.80. The first kappa shape index (κ1) is 16.1. The number of nitrogens with one attached hydrogen (secondary N) is 1. The van der Waals surface area contributed by atoms with E-state index in [1.807, 2.05) is 10.9 Å². The van der Waals surface area contributed by atoms with E-state index in [1.54, 1.807) is 7.11 Å². The zero-order valence-corrected chi connectivity index (χ0v) is 12.8. The second kappa shape index (κ2) is 7.57. The molecule has 0 saturated carbocycles. The third kappa shape index (κ3) is 6.13. The first-order valence-corrected chi connectivity index (χ1v) is 6.73. The molecule has 6 heteroatoms. The summed E-state index contributed by atoms with van der Waals surface area (Å²) in [6, 6.07) is 0. The maximum Gasteiger partial charge on any atom is 0.0965 e. The van der Waals surface area contributed by atoms with Crippen molar-refractivity contribution in [2.24, 2.45) is 0 Å². The van der Waals surface area contributed by atoms with Crippen molar-refractivity contribution in [2.45, 2.75) is 32.9 Å². The summed E-state index contributed by atoms with van der Waals surface area (Å²) in [4.78, 5) is 2.24. The van der Waals surface area contributed by atoms with Crippen molar-refractivity contribution in [3.8, 4) is 0 Å². The molecule has 0 aliphatic carbocycles. The normalized spacial score (nSPS) is 12.3. The van der Waals surface area contributed by atoms with Gasteiger partial charge >= 0.3 is 0 Å². The Labute approximate surface area is 116 Å². The lowest BCUT2D eigenvalue weighted by molar-refractivity contribution is 0.161. The van der Waals surface area contributed by atoms with Gasteiger partial charge in [-0.15, -0.1) is 5.10 Å². The number of ether oxygens (including phenoxy) is 1. The van der Waals surface area contributed by atoms with Crippen LogP contribution in [0.15, 0.2) is 6.20 Å². The van der Waals surface area contributed by atoms with Crippen LogP contribution >= 0.6 is 0 Å². The highest BCUT2D eigenvalue weighted by Gasteiger charge is 2.14. The van der Waals surface area contributed by atoms with Crippen molar-refractivity contribution < 1.29 is 4.74 Å². The first-order valence-electron chi connectivity index (χ1n) is 6.73. The predicted molar refractivity (Wildman–Crippen MR) is 76.1 cm³/mol. The molecule has 0 amide bonds. The second-order valence-corrected chi connectivity index (χ2v) is 5.80. The Morgan fingerprint density at radius 1 is 1.37 bits per heavy atom. The maximum absolute atomic E-state index is 5.04. The van der Waals surface area contributed by atoms with E-state index in [2.05, 4.69) is 48.3 Å². The fraction of sp³-hybridized carbons (Fsp3) is 0.846. The molecule has 1 aromatic heterocycles. The highest BCUT2D eigenvalue weighted by Crippen LogP contribution is 2.11. The average molecular weight is 269 g/mol. The van der Waals surface area contributed by atoms with Crippen molar-refractivity contribution in [3.05, 3.63) is 11.9 Å². The summed E-state index contributed by atoms with van der Waals surface area (Å²) in [5.41, 5.74) is 0.973. The lowest BCUT2D eigenvalue weighted by Crippen LogP contribution is -2.31. The summed E-state index contributed by atoms with van der Waals surface area (Å²) >= 11 is 0. The molecular weight excluding hydrogens is 242 g/mol. The molecule has 0 aliphatic rings. The Kier molecular flexibility index (Phi) is 6.41. The van der Waals surface area contributed by atoms with Crippen molar-refractivity contribution >= 4 is 0 Å². The molecule has 1 rings (SSSR count). The van der Waals surface area contributed by atoms with Crippen LogP contribution in [0.2, 0.25) is 0 Å². The Morgan fingerprint density at radius 3 is 2.68 bits per heavy atom. The van der Waals surface area contributed by atoms with Gasteiger partial charge in [0.2, 0.25) is 0 Å². The van der Waals surface area contributed by atoms with Gasteiger partial charge in [0.05, 0.1) is 24.0 Å². The fourth-order valence-corrected chi connectivity index (χ4v) is 1.55. The molecular formula is C13H27N5O. The zero-order chi connectivity index (χ0) is 14.3. The van der Waals surface area contributed by atoms with Crippen LogP contribution < -0.4 is 5.32 Å².